The highest BCUT2D eigenvalue weighted by atomic mass is 16.5. The lowest BCUT2D eigenvalue weighted by molar-refractivity contribution is -0.151. The molecule has 1 aromatic rings. The Hall–Kier alpha value is -2.68. The number of hydrogen-bond acceptors (Lipinski definition) is 6. The third-order valence-electron chi connectivity index (χ3n) is 5.76. The number of anilines is 1. The molecule has 0 saturated carbocycles. The Labute approximate surface area is 183 Å². The lowest BCUT2D eigenvalue weighted by atomic mass is 10.0. The fourth-order valence-electron chi connectivity index (χ4n) is 4.10. The van der Waals surface area contributed by atoms with Gasteiger partial charge in [0, 0.05) is 25.3 Å². The number of carbonyl (C=O) groups excluding carboxylic acids is 2. The maximum absolute atomic E-state index is 12.2. The van der Waals surface area contributed by atoms with E-state index in [1.165, 1.54) is 4.90 Å². The molecule has 3 rings (SSSR count). The molecule has 2 aliphatic heterocycles. The second kappa shape index (κ2) is 11.1. The number of hydrogen-bond donors (Lipinski definition) is 1. The Kier molecular flexibility index (Phi) is 8.22. The zero-order chi connectivity index (χ0) is 22.2. The number of carboxylic acid groups (broad SMARTS) is 1. The van der Waals surface area contributed by atoms with Crippen LogP contribution in [0.15, 0.2) is 12.1 Å². The molecule has 170 valence electrons. The molecule has 1 aromatic heterocycles. The van der Waals surface area contributed by atoms with Gasteiger partial charge in [0.05, 0.1) is 13.2 Å². The average molecular weight is 433 g/mol. The van der Waals surface area contributed by atoms with Crippen molar-refractivity contribution >= 4 is 23.8 Å². The largest absolute Gasteiger partial charge is 0.465 e. The van der Waals surface area contributed by atoms with Crippen LogP contribution in [0.2, 0.25) is 0 Å². The van der Waals surface area contributed by atoms with E-state index in [0.717, 1.165) is 62.9 Å². The molecule has 0 atom stereocenters. The molecule has 2 aliphatic rings. The standard InChI is InChI=1S/C22H32N4O5/c1-2-31-20(28)16-25-14-13-24(15-19(25)27)11-5-3-4-8-18-10-9-17-7-6-12-26(22(29)30)21(17)23-18/h9-10H,2-8,11-16H2,1H3,(H,29,30). The smallest absolute Gasteiger partial charge is 0.413 e. The molecule has 0 unspecified atom stereocenters. The molecule has 0 spiro atoms. The number of aryl methyl sites for hydroxylation is 2. The first-order chi connectivity index (χ1) is 15.0. The SMILES string of the molecule is CCOC(=O)CN1CCN(CCCCCc2ccc3c(n2)N(C(=O)O)CCC3)CC1=O. The van der Waals surface area contributed by atoms with Gasteiger partial charge >= 0.3 is 12.1 Å². The van der Waals surface area contributed by atoms with Gasteiger partial charge in [-0.3, -0.25) is 19.4 Å². The zero-order valence-electron chi connectivity index (χ0n) is 18.2. The van der Waals surface area contributed by atoms with Crippen LogP contribution in [-0.4, -0.2) is 83.7 Å². The summed E-state index contributed by atoms with van der Waals surface area (Å²) in [5.41, 5.74) is 1.93. The van der Waals surface area contributed by atoms with Gasteiger partial charge in [-0.1, -0.05) is 12.5 Å². The van der Waals surface area contributed by atoms with Crippen molar-refractivity contribution in [1.29, 1.82) is 0 Å². The number of nitrogens with zero attached hydrogens (tertiary/aromatic N) is 4. The van der Waals surface area contributed by atoms with Gasteiger partial charge in [0.25, 0.3) is 0 Å². The second-order valence-corrected chi connectivity index (χ2v) is 8.03. The second-order valence-electron chi connectivity index (χ2n) is 8.03. The fraction of sp³-hybridized carbons (Fsp3) is 0.636. The summed E-state index contributed by atoms with van der Waals surface area (Å²) in [5, 5.41) is 9.38. The van der Waals surface area contributed by atoms with E-state index in [2.05, 4.69) is 9.88 Å². The number of rotatable bonds is 9. The number of ether oxygens (including phenoxy) is 1. The Morgan fingerprint density at radius 2 is 2.00 bits per heavy atom. The topological polar surface area (TPSA) is 103 Å². The van der Waals surface area contributed by atoms with Crippen LogP contribution in [0.4, 0.5) is 10.6 Å². The quantitative estimate of drug-likeness (QED) is 0.470. The summed E-state index contributed by atoms with van der Waals surface area (Å²) in [6.45, 7) is 5.13. The molecule has 0 aliphatic carbocycles. The number of fused-ring (bicyclic) bond motifs is 1. The van der Waals surface area contributed by atoms with E-state index in [-0.39, 0.29) is 18.4 Å². The van der Waals surface area contributed by atoms with Crippen LogP contribution >= 0.6 is 0 Å². The summed E-state index contributed by atoms with van der Waals surface area (Å²) in [4.78, 5) is 44.9. The van der Waals surface area contributed by atoms with E-state index in [1.54, 1.807) is 11.8 Å². The van der Waals surface area contributed by atoms with Crippen molar-refractivity contribution in [1.82, 2.24) is 14.8 Å². The lowest BCUT2D eigenvalue weighted by Gasteiger charge is -2.33. The fourth-order valence-corrected chi connectivity index (χ4v) is 4.10. The number of pyridine rings is 1. The molecule has 0 aromatic carbocycles. The monoisotopic (exact) mass is 432 g/mol. The third kappa shape index (κ3) is 6.40. The van der Waals surface area contributed by atoms with Crippen molar-refractivity contribution in [2.75, 3.05) is 50.8 Å². The van der Waals surface area contributed by atoms with Crippen molar-refractivity contribution in [3.63, 3.8) is 0 Å². The van der Waals surface area contributed by atoms with E-state index in [9.17, 15) is 19.5 Å². The molecule has 0 radical (unpaired) electrons. The van der Waals surface area contributed by atoms with Crippen molar-refractivity contribution in [2.45, 2.75) is 45.4 Å². The minimum Gasteiger partial charge on any atom is -0.465 e. The minimum atomic E-state index is -0.942. The average Bonchev–Trinajstić information content (AvgIpc) is 2.75. The summed E-state index contributed by atoms with van der Waals surface area (Å²) in [5.74, 6) is 0.211. The van der Waals surface area contributed by atoms with Crippen molar-refractivity contribution in [3.8, 4) is 0 Å². The molecule has 1 N–H and O–H groups in total. The predicted octanol–water partition coefficient (Wildman–Crippen LogP) is 1.93. The summed E-state index contributed by atoms with van der Waals surface area (Å²) >= 11 is 0. The Balaban J connectivity index is 1.37. The van der Waals surface area contributed by atoms with Crippen LogP contribution in [0.25, 0.3) is 0 Å². The number of piperazine rings is 1. The van der Waals surface area contributed by atoms with Gasteiger partial charge in [0.1, 0.15) is 12.4 Å². The summed E-state index contributed by atoms with van der Waals surface area (Å²) in [6, 6.07) is 4.01. The van der Waals surface area contributed by atoms with Crippen molar-refractivity contribution in [2.24, 2.45) is 0 Å². The van der Waals surface area contributed by atoms with Gasteiger partial charge in [0.15, 0.2) is 0 Å². The van der Waals surface area contributed by atoms with Crippen LogP contribution in [-0.2, 0) is 27.2 Å². The number of unbranched alkanes of at least 4 members (excludes halogenated alkanes) is 2. The molecule has 0 bridgehead atoms. The molecular weight excluding hydrogens is 400 g/mol. The van der Waals surface area contributed by atoms with Gasteiger partial charge in [-0.25, -0.2) is 9.78 Å². The third-order valence-corrected chi connectivity index (χ3v) is 5.76. The first kappa shape index (κ1) is 23.0. The van der Waals surface area contributed by atoms with Crippen LogP contribution in [0, 0.1) is 0 Å². The maximum Gasteiger partial charge on any atom is 0.413 e. The van der Waals surface area contributed by atoms with Gasteiger partial charge in [-0.2, -0.15) is 0 Å². The zero-order valence-corrected chi connectivity index (χ0v) is 18.2. The Bertz CT molecular complexity index is 800. The number of carbonyl (C=O) groups is 3. The molecule has 31 heavy (non-hydrogen) atoms. The summed E-state index contributed by atoms with van der Waals surface area (Å²) in [7, 11) is 0. The molecule has 9 heteroatoms. The molecule has 1 fully saturated rings. The van der Waals surface area contributed by atoms with Gasteiger partial charge in [-0.05, 0) is 57.2 Å². The van der Waals surface area contributed by atoms with E-state index in [0.29, 0.717) is 32.1 Å². The van der Waals surface area contributed by atoms with Gasteiger partial charge in [0.2, 0.25) is 5.91 Å². The van der Waals surface area contributed by atoms with Crippen LogP contribution in [0.1, 0.15) is 43.9 Å². The van der Waals surface area contributed by atoms with Crippen molar-refractivity contribution in [3.05, 3.63) is 23.4 Å². The molecule has 1 saturated heterocycles. The molecule has 2 amide bonds. The molecular formula is C22H32N4O5. The minimum absolute atomic E-state index is 0.0273. The van der Waals surface area contributed by atoms with Crippen LogP contribution < -0.4 is 4.90 Å². The summed E-state index contributed by atoms with van der Waals surface area (Å²) in [6.07, 6.45) is 4.54. The van der Waals surface area contributed by atoms with Crippen molar-refractivity contribution < 1.29 is 24.2 Å². The Morgan fingerprint density at radius 1 is 1.16 bits per heavy atom. The number of esters is 1. The maximum atomic E-state index is 12.2. The van der Waals surface area contributed by atoms with E-state index >= 15 is 0 Å². The van der Waals surface area contributed by atoms with E-state index in [4.69, 9.17) is 4.74 Å². The highest BCUT2D eigenvalue weighted by Gasteiger charge is 2.26. The highest BCUT2D eigenvalue weighted by molar-refractivity contribution is 5.86. The van der Waals surface area contributed by atoms with Crippen LogP contribution in [0.5, 0.6) is 0 Å². The van der Waals surface area contributed by atoms with Gasteiger partial charge < -0.3 is 14.7 Å². The Morgan fingerprint density at radius 3 is 2.74 bits per heavy atom. The summed E-state index contributed by atoms with van der Waals surface area (Å²) < 4.78 is 4.91. The lowest BCUT2D eigenvalue weighted by Crippen LogP contribution is -2.52. The first-order valence-corrected chi connectivity index (χ1v) is 11.1. The van der Waals surface area contributed by atoms with Gasteiger partial charge in [-0.15, -0.1) is 0 Å². The number of aromatic nitrogens is 1. The van der Waals surface area contributed by atoms with E-state index < -0.39 is 6.09 Å². The number of amides is 2. The van der Waals surface area contributed by atoms with Crippen LogP contribution in [0.3, 0.4) is 0 Å². The first-order valence-electron chi connectivity index (χ1n) is 11.1. The predicted molar refractivity (Wildman–Crippen MR) is 115 cm³/mol. The highest BCUT2D eigenvalue weighted by Crippen LogP contribution is 2.25. The normalized spacial score (nSPS) is 16.9. The van der Waals surface area contributed by atoms with E-state index in [1.807, 2.05) is 12.1 Å². The molecule has 9 nitrogen and oxygen atoms in total. The molecule has 3 heterocycles.